The van der Waals surface area contributed by atoms with Gasteiger partial charge in [0.25, 0.3) is 0 Å². The van der Waals surface area contributed by atoms with Gasteiger partial charge in [0.05, 0.1) is 6.54 Å². The highest BCUT2D eigenvalue weighted by Crippen LogP contribution is 2.03. The van der Waals surface area contributed by atoms with Crippen molar-refractivity contribution in [2.75, 3.05) is 13.1 Å². The van der Waals surface area contributed by atoms with E-state index in [1.54, 1.807) is 0 Å². The molecule has 0 aliphatic carbocycles. The summed E-state index contributed by atoms with van der Waals surface area (Å²) in [6.45, 7) is 5.78. The second kappa shape index (κ2) is 7.48. The molecular formula is C14H18N2O. The lowest BCUT2D eigenvalue weighted by Gasteiger charge is -2.01. The summed E-state index contributed by atoms with van der Waals surface area (Å²) < 4.78 is 0. The molecule has 0 radical (unpaired) electrons. The van der Waals surface area contributed by atoms with Crippen LogP contribution in [-0.2, 0) is 11.3 Å². The summed E-state index contributed by atoms with van der Waals surface area (Å²) in [5.41, 5.74) is 2.20. The summed E-state index contributed by atoms with van der Waals surface area (Å²) >= 11 is 0. The van der Waals surface area contributed by atoms with Crippen LogP contribution in [0, 0.1) is 11.8 Å². The average molecular weight is 230 g/mol. The van der Waals surface area contributed by atoms with Crippen LogP contribution in [0.25, 0.3) is 0 Å². The van der Waals surface area contributed by atoms with Gasteiger partial charge in [0.1, 0.15) is 0 Å². The number of rotatable bonds is 4. The smallest absolute Gasteiger partial charge is 0.217 e. The first-order valence-electron chi connectivity index (χ1n) is 5.75. The third kappa shape index (κ3) is 5.74. The maximum absolute atomic E-state index is 10.6. The van der Waals surface area contributed by atoms with Crippen LogP contribution in [0.5, 0.6) is 0 Å². The molecule has 0 aliphatic heterocycles. The van der Waals surface area contributed by atoms with Crippen molar-refractivity contribution >= 4 is 5.91 Å². The molecule has 0 bridgehead atoms. The molecule has 3 nitrogen and oxygen atoms in total. The zero-order valence-corrected chi connectivity index (χ0v) is 10.3. The van der Waals surface area contributed by atoms with Gasteiger partial charge in [-0.15, -0.1) is 0 Å². The predicted molar refractivity (Wildman–Crippen MR) is 69.4 cm³/mol. The molecule has 17 heavy (non-hydrogen) atoms. The molecule has 0 unspecified atom stereocenters. The van der Waals surface area contributed by atoms with Crippen LogP contribution in [0.3, 0.4) is 0 Å². The molecule has 90 valence electrons. The number of amides is 1. The standard InChI is InChI=1S/C14H18N2O/c1-3-15-11-14-7-4-6-13(10-14)8-5-9-16-12(2)17/h4,6-7,10,15H,3,9,11H2,1-2H3,(H,16,17). The number of hydrogen-bond acceptors (Lipinski definition) is 2. The van der Waals surface area contributed by atoms with Gasteiger partial charge in [-0.05, 0) is 24.2 Å². The van der Waals surface area contributed by atoms with Crippen molar-refractivity contribution in [3.63, 3.8) is 0 Å². The molecule has 3 heteroatoms. The Morgan fingerprint density at radius 2 is 2.24 bits per heavy atom. The minimum Gasteiger partial charge on any atom is -0.345 e. The fourth-order valence-corrected chi connectivity index (χ4v) is 1.34. The molecule has 0 heterocycles. The quantitative estimate of drug-likeness (QED) is 0.765. The van der Waals surface area contributed by atoms with E-state index < -0.39 is 0 Å². The van der Waals surface area contributed by atoms with Gasteiger partial charge in [0, 0.05) is 19.0 Å². The Morgan fingerprint density at radius 1 is 1.41 bits per heavy atom. The normalized spacial score (nSPS) is 9.29. The van der Waals surface area contributed by atoms with Crippen molar-refractivity contribution < 1.29 is 4.79 Å². The number of benzene rings is 1. The topological polar surface area (TPSA) is 41.1 Å². The highest BCUT2D eigenvalue weighted by Gasteiger charge is 1.92. The molecule has 0 aromatic heterocycles. The Labute approximate surface area is 103 Å². The Morgan fingerprint density at radius 3 is 2.94 bits per heavy atom. The van der Waals surface area contributed by atoms with Crippen molar-refractivity contribution in [2.24, 2.45) is 0 Å². The largest absolute Gasteiger partial charge is 0.345 e. The molecule has 2 N–H and O–H groups in total. The summed E-state index contributed by atoms with van der Waals surface area (Å²) in [4.78, 5) is 10.6. The summed E-state index contributed by atoms with van der Waals surface area (Å²) in [6, 6.07) is 8.09. The van der Waals surface area contributed by atoms with E-state index in [0.29, 0.717) is 6.54 Å². The minimum atomic E-state index is -0.0554. The third-order valence-electron chi connectivity index (χ3n) is 2.16. The molecular weight excluding hydrogens is 212 g/mol. The summed E-state index contributed by atoms with van der Waals surface area (Å²) in [6.07, 6.45) is 0. The van der Waals surface area contributed by atoms with E-state index in [4.69, 9.17) is 0 Å². The van der Waals surface area contributed by atoms with Crippen LogP contribution in [0.15, 0.2) is 24.3 Å². The number of carbonyl (C=O) groups excluding carboxylic acids is 1. The lowest BCUT2D eigenvalue weighted by molar-refractivity contribution is -0.118. The van der Waals surface area contributed by atoms with Crippen LogP contribution in [0.2, 0.25) is 0 Å². The molecule has 0 atom stereocenters. The van der Waals surface area contributed by atoms with Crippen LogP contribution in [0.4, 0.5) is 0 Å². The molecule has 1 amide bonds. The lowest BCUT2D eigenvalue weighted by atomic mass is 10.1. The van der Waals surface area contributed by atoms with Crippen molar-refractivity contribution in [3.8, 4) is 11.8 Å². The van der Waals surface area contributed by atoms with Crippen molar-refractivity contribution in [3.05, 3.63) is 35.4 Å². The van der Waals surface area contributed by atoms with E-state index in [1.807, 2.05) is 12.1 Å². The van der Waals surface area contributed by atoms with E-state index in [-0.39, 0.29) is 5.91 Å². The van der Waals surface area contributed by atoms with Gasteiger partial charge in [-0.1, -0.05) is 30.9 Å². The van der Waals surface area contributed by atoms with E-state index in [9.17, 15) is 4.79 Å². The SMILES string of the molecule is CCNCc1cccc(C#CCNC(C)=O)c1. The predicted octanol–water partition coefficient (Wildman–Crippen LogP) is 1.28. The fourth-order valence-electron chi connectivity index (χ4n) is 1.34. The van der Waals surface area contributed by atoms with Gasteiger partial charge < -0.3 is 10.6 Å². The highest BCUT2D eigenvalue weighted by atomic mass is 16.1. The molecule has 0 saturated heterocycles. The molecule has 0 aliphatic rings. The van der Waals surface area contributed by atoms with Gasteiger partial charge in [0.2, 0.25) is 5.91 Å². The first kappa shape index (κ1) is 13.3. The molecule has 1 rings (SSSR count). The Bertz CT molecular complexity index is 429. The van der Waals surface area contributed by atoms with Gasteiger partial charge in [-0.25, -0.2) is 0 Å². The number of nitrogens with one attached hydrogen (secondary N) is 2. The van der Waals surface area contributed by atoms with E-state index >= 15 is 0 Å². The first-order chi connectivity index (χ1) is 8.22. The van der Waals surface area contributed by atoms with E-state index in [2.05, 4.69) is 41.5 Å². The Balaban J connectivity index is 2.55. The van der Waals surface area contributed by atoms with Crippen LogP contribution >= 0.6 is 0 Å². The van der Waals surface area contributed by atoms with Gasteiger partial charge in [-0.3, -0.25) is 4.79 Å². The monoisotopic (exact) mass is 230 g/mol. The molecule has 0 spiro atoms. The Hall–Kier alpha value is -1.79. The van der Waals surface area contributed by atoms with Gasteiger partial charge >= 0.3 is 0 Å². The average Bonchev–Trinajstić information content (AvgIpc) is 2.32. The number of hydrogen-bond donors (Lipinski definition) is 2. The minimum absolute atomic E-state index is 0.0554. The molecule has 0 fully saturated rings. The molecule has 1 aromatic rings. The maximum Gasteiger partial charge on any atom is 0.217 e. The summed E-state index contributed by atoms with van der Waals surface area (Å²) in [5, 5.41) is 5.91. The van der Waals surface area contributed by atoms with Crippen molar-refractivity contribution in [1.82, 2.24) is 10.6 Å². The van der Waals surface area contributed by atoms with Crippen LogP contribution in [0.1, 0.15) is 25.0 Å². The van der Waals surface area contributed by atoms with E-state index in [1.165, 1.54) is 12.5 Å². The zero-order valence-electron chi connectivity index (χ0n) is 10.3. The zero-order chi connectivity index (χ0) is 12.5. The second-order valence-electron chi connectivity index (χ2n) is 3.69. The number of carbonyl (C=O) groups is 1. The van der Waals surface area contributed by atoms with Crippen molar-refractivity contribution in [2.45, 2.75) is 20.4 Å². The van der Waals surface area contributed by atoms with Crippen LogP contribution in [-0.4, -0.2) is 19.0 Å². The highest BCUT2D eigenvalue weighted by molar-refractivity contribution is 5.73. The first-order valence-corrected chi connectivity index (χ1v) is 5.75. The van der Waals surface area contributed by atoms with Gasteiger partial charge in [-0.2, -0.15) is 0 Å². The van der Waals surface area contributed by atoms with Crippen molar-refractivity contribution in [1.29, 1.82) is 0 Å². The third-order valence-corrected chi connectivity index (χ3v) is 2.16. The van der Waals surface area contributed by atoms with Crippen LogP contribution < -0.4 is 10.6 Å². The maximum atomic E-state index is 10.6. The van der Waals surface area contributed by atoms with Gasteiger partial charge in [0.15, 0.2) is 0 Å². The fraction of sp³-hybridized carbons (Fsp3) is 0.357. The summed E-state index contributed by atoms with van der Waals surface area (Å²) in [7, 11) is 0. The second-order valence-corrected chi connectivity index (χ2v) is 3.69. The molecule has 1 aromatic carbocycles. The Kier molecular flexibility index (Phi) is 5.84. The lowest BCUT2D eigenvalue weighted by Crippen LogP contribution is -2.19. The van der Waals surface area contributed by atoms with E-state index in [0.717, 1.165) is 18.7 Å². The summed E-state index contributed by atoms with van der Waals surface area (Å²) in [5.74, 6) is 5.88. The molecule has 0 saturated carbocycles.